The van der Waals surface area contributed by atoms with Crippen LogP contribution in [0.25, 0.3) is 11.1 Å². The largest absolute Gasteiger partial charge is 0.508 e. The minimum atomic E-state index is -2.40. The van der Waals surface area contributed by atoms with E-state index in [1.165, 1.54) is 51.2 Å². The summed E-state index contributed by atoms with van der Waals surface area (Å²) in [6.45, 7) is 8.99. The molecule has 37 nitrogen and oxygen atoms in total. The van der Waals surface area contributed by atoms with E-state index in [1.807, 2.05) is 38.1 Å². The second-order valence-electron chi connectivity index (χ2n) is 32.6. The van der Waals surface area contributed by atoms with Crippen molar-refractivity contribution in [1.82, 2.24) is 42.5 Å². The highest BCUT2D eigenvalue weighted by molar-refractivity contribution is 6.32. The molecule has 22 atom stereocenters. The van der Waals surface area contributed by atoms with Crippen LogP contribution < -0.4 is 72.9 Å². The molecule has 0 saturated carbocycles. The van der Waals surface area contributed by atoms with E-state index in [0.717, 1.165) is 54.1 Å². The molecule has 8 aliphatic rings. The van der Waals surface area contributed by atoms with E-state index in [4.69, 9.17) is 77.3 Å². The monoisotopic (exact) mass is 1770 g/mol. The van der Waals surface area contributed by atoms with Gasteiger partial charge in [-0.2, -0.15) is 0 Å². The maximum atomic E-state index is 16.6. The van der Waals surface area contributed by atoms with Crippen LogP contribution in [0.3, 0.4) is 0 Å². The zero-order valence-corrected chi connectivity index (χ0v) is 69.9. The maximum absolute atomic E-state index is 16.6. The molecule has 22 N–H and O–H groups in total. The second-order valence-corrected chi connectivity index (χ2v) is 33.4. The van der Waals surface area contributed by atoms with E-state index in [9.17, 15) is 65.4 Å². The number of phenolic OH excluding ortho intramolecular Hbond substituents is 3. The molecule has 668 valence electrons. The molecule has 15 rings (SSSR count). The predicted molar refractivity (Wildman–Crippen MR) is 441 cm³/mol. The van der Waals surface area contributed by atoms with Gasteiger partial charge in [-0.3, -0.25) is 33.6 Å². The number of aromatic hydroxyl groups is 3. The fourth-order valence-corrected chi connectivity index (χ4v) is 16.5. The van der Waals surface area contributed by atoms with Crippen molar-refractivity contribution in [3.63, 3.8) is 0 Å². The van der Waals surface area contributed by atoms with E-state index in [1.54, 1.807) is 44.2 Å². The highest BCUT2D eigenvalue weighted by atomic mass is 35.5. The number of aliphatic hydroxyl groups excluding tert-OH is 6. The first-order chi connectivity index (χ1) is 59.3. The summed E-state index contributed by atoms with van der Waals surface area (Å²) in [5, 5.41) is 137. The van der Waals surface area contributed by atoms with Gasteiger partial charge in [0, 0.05) is 53.2 Å². The zero-order valence-electron chi connectivity index (χ0n) is 68.4. The first-order valence-electron chi connectivity index (χ1n) is 40.1. The minimum Gasteiger partial charge on any atom is -0.508 e. The van der Waals surface area contributed by atoms with Crippen LogP contribution >= 0.6 is 23.2 Å². The molecule has 0 aromatic heterocycles. The normalized spacial score (nSPS) is 29.7. The van der Waals surface area contributed by atoms with E-state index in [2.05, 4.69) is 42.5 Å². The van der Waals surface area contributed by atoms with Crippen molar-refractivity contribution in [1.29, 1.82) is 0 Å². The van der Waals surface area contributed by atoms with Gasteiger partial charge in [-0.1, -0.05) is 85.6 Å². The fourth-order valence-electron chi connectivity index (χ4n) is 16.0. The molecule has 3 saturated heterocycles. The Hall–Kier alpha value is -11.1. The summed E-state index contributed by atoms with van der Waals surface area (Å²) < 4.78 is 59.0. The Kier molecular flexibility index (Phi) is 27.9. The fraction of sp³-hybridized carbons (Fsp3) is 0.419. The lowest BCUT2D eigenvalue weighted by Crippen LogP contribution is -2.65. The molecule has 39 heteroatoms. The molecule has 0 aliphatic carbocycles. The number of primary amides is 1. The number of rotatable bonds is 20. The lowest BCUT2D eigenvalue weighted by Gasteiger charge is -2.48. The number of ether oxygens (including phenoxy) is 9. The summed E-state index contributed by atoms with van der Waals surface area (Å²) in [6, 6.07) is 15.8. The molecule has 0 unspecified atom stereocenters. The Morgan fingerprint density at radius 3 is 1.90 bits per heavy atom. The number of phenols is 3. The van der Waals surface area contributed by atoms with Crippen LogP contribution in [0, 0.1) is 5.92 Å². The standard InChI is InChI=1S/C86H98Cl2N10O27/c1-36(2)22-51(91-7)77(109)97-67-69(104)41-17-20-55(49(87)25-41)120-57-27-43-28-58(73(57)125-84-74(71(106)70(105)59(35-99)122-84)124-62-33-86(6,76(108)38(4)118-62)92-34-39-12-11-15-46(23-39)119-45-13-9-8-10-14-45)121-56-21-18-42(26-50(56)88)72(123-61-32-85(5,90)75(107)37(3)117-61)68-82(114)96-66(83(115)116)48-29-44(100)30-54(102)63(48)47-24-40(16-19-53(47)101)64(79(111)98-68)95-80(112)65(43)94-78(110)52(31-60(89)103)93-81(67)113/h8-21,23-30,36-38,51-52,59,61-62,64-72,74-76,84,91-92,99-102,104-108H,22,31-35,90H2,1-7H3,(H2,89,103)(H,93,113)(H,94,110)(H,95,112)(H,96,114)(H,97,109)(H,98,111)(H,115,116)/t37-,38-,51+,52-,59+,61-,62-,64+,65+,66-,67+,68-,69+,70+,71-,72+,74+,75-,76-,84-,85-,86-/m0/s1. The number of benzene rings is 7. The topological polar surface area (TPSA) is 570 Å². The maximum Gasteiger partial charge on any atom is 0.330 e. The molecule has 11 bridgehead atoms. The lowest BCUT2D eigenvalue weighted by atomic mass is 9.84. The summed E-state index contributed by atoms with van der Waals surface area (Å²) in [6.07, 6.45) is -23.1. The van der Waals surface area contributed by atoms with Crippen LogP contribution in [0.1, 0.15) is 131 Å². The highest BCUT2D eigenvalue weighted by Gasteiger charge is 2.53. The van der Waals surface area contributed by atoms with Crippen molar-refractivity contribution in [3.05, 3.63) is 177 Å². The number of aliphatic hydroxyl groups is 6. The smallest absolute Gasteiger partial charge is 0.330 e. The van der Waals surface area contributed by atoms with Crippen LogP contribution in [0.15, 0.2) is 133 Å². The molecule has 8 aliphatic heterocycles. The first kappa shape index (κ1) is 91.6. The van der Waals surface area contributed by atoms with Crippen molar-refractivity contribution in [3.8, 4) is 68.6 Å². The number of carbonyl (C=O) groups excluding carboxylic acids is 7. The zero-order chi connectivity index (χ0) is 90.1. The molecule has 8 heterocycles. The number of aliphatic carboxylic acids is 1. The van der Waals surface area contributed by atoms with Crippen LogP contribution in [0.2, 0.25) is 10.0 Å². The number of amides is 7. The molecular formula is C86H98Cl2N10O27. The molecule has 3 fully saturated rings. The number of nitrogens with one attached hydrogen (secondary N) is 8. The van der Waals surface area contributed by atoms with Crippen LogP contribution in [0.4, 0.5) is 0 Å². The number of likely N-dealkylation sites (N-methyl/N-ethyl adjacent to an activating group) is 1. The van der Waals surface area contributed by atoms with Crippen molar-refractivity contribution < 1.29 is 132 Å². The number of carbonyl (C=O) groups is 8. The van der Waals surface area contributed by atoms with Gasteiger partial charge in [0.05, 0.1) is 53.5 Å². The number of fused-ring (bicyclic) bond motifs is 15. The summed E-state index contributed by atoms with van der Waals surface area (Å²) in [5.74, 6) is -15.1. The predicted octanol–water partition coefficient (Wildman–Crippen LogP) is 3.97. The third kappa shape index (κ3) is 20.3. The summed E-state index contributed by atoms with van der Waals surface area (Å²) in [4.78, 5) is 121. The molecule has 7 aromatic carbocycles. The number of halogens is 2. The SMILES string of the molecule is CN[C@H](CC(C)C)C(=O)N[C@H]1C(=O)N[C@@H](CC(N)=O)C(=O)N[C@H]2C(=O)N[C@H]3C(=O)N[C@H](C(=O)N[C@H](C(=O)O)c4cc(O)cc(O)c4-c4cc3ccc4O)[C@H](O[C@H]3C[C@](C)(N)[C@@H](O)[C@H](C)O3)c3ccc(c(Cl)c3)Oc3cc2cc(c3O[C@@H]2O[C@H](CO)[C@@H](O)[C@H](O)[C@H]2O[C@H]2C[C@](C)(NCc3cccc(Oc4ccccc4)c3)[C@@H](O)[C@H](C)O2)Oc2ccc(cc2Cl)[C@H]1O. The van der Waals surface area contributed by atoms with Gasteiger partial charge in [0.25, 0.3) is 0 Å². The van der Waals surface area contributed by atoms with E-state index < -0.39 is 261 Å². The molecule has 125 heavy (non-hydrogen) atoms. The number of hydrogen-bond donors (Lipinski definition) is 20. The van der Waals surface area contributed by atoms with E-state index in [-0.39, 0.29) is 59.2 Å². The Bertz CT molecular complexity index is 5230. The van der Waals surface area contributed by atoms with Gasteiger partial charge in [-0.25, -0.2) is 4.79 Å². The number of carboxylic acids is 1. The van der Waals surface area contributed by atoms with Gasteiger partial charge in [0.15, 0.2) is 36.2 Å². The van der Waals surface area contributed by atoms with Crippen molar-refractivity contribution >= 4 is 70.5 Å². The molecule has 7 amide bonds. The second kappa shape index (κ2) is 38.0. The van der Waals surface area contributed by atoms with Gasteiger partial charge in [0.1, 0.15) is 101 Å². The van der Waals surface area contributed by atoms with E-state index >= 15 is 24.0 Å². The van der Waals surface area contributed by atoms with Crippen molar-refractivity contribution in [2.45, 2.75) is 207 Å². The Morgan fingerprint density at radius 2 is 1.26 bits per heavy atom. The summed E-state index contributed by atoms with van der Waals surface area (Å²) >= 11 is 14.7. The average molecular weight is 1770 g/mol. The van der Waals surface area contributed by atoms with Crippen LogP contribution in [0.5, 0.6) is 57.5 Å². The molecule has 0 radical (unpaired) electrons. The van der Waals surface area contributed by atoms with Crippen LogP contribution in [-0.4, -0.2) is 215 Å². The number of carboxylic acid groups (broad SMARTS) is 1. The van der Waals surface area contributed by atoms with Gasteiger partial charge < -0.3 is 148 Å². The number of para-hydroxylation sites is 1. The van der Waals surface area contributed by atoms with Crippen molar-refractivity contribution in [2.24, 2.45) is 17.4 Å². The molecule has 0 spiro atoms. The summed E-state index contributed by atoms with van der Waals surface area (Å²) in [5.41, 5.74) is 7.68. The first-order valence-corrected chi connectivity index (χ1v) is 40.9. The summed E-state index contributed by atoms with van der Waals surface area (Å²) in [7, 11) is 1.48. The quantitative estimate of drug-likeness (QED) is 0.0513. The number of nitrogens with two attached hydrogens (primary N) is 2. The van der Waals surface area contributed by atoms with Crippen LogP contribution in [-0.2, 0) is 68.6 Å². The van der Waals surface area contributed by atoms with Gasteiger partial charge in [-0.05, 0) is 154 Å². The third-order valence-electron chi connectivity index (χ3n) is 22.7. The van der Waals surface area contributed by atoms with E-state index in [0.29, 0.717) is 11.5 Å². The Labute approximate surface area is 725 Å². The highest BCUT2D eigenvalue weighted by Crippen LogP contribution is 2.51. The Balaban J connectivity index is 1.02. The number of hydrogen-bond acceptors (Lipinski definition) is 29. The molecular weight excluding hydrogens is 1680 g/mol. The van der Waals surface area contributed by atoms with Gasteiger partial charge in [0.2, 0.25) is 53.4 Å². The lowest BCUT2D eigenvalue weighted by molar-refractivity contribution is -0.334. The average Bonchev–Trinajstić information content (AvgIpc) is 0.759. The Morgan fingerprint density at radius 1 is 0.640 bits per heavy atom. The third-order valence-corrected chi connectivity index (χ3v) is 23.3. The van der Waals surface area contributed by atoms with Crippen molar-refractivity contribution in [2.75, 3.05) is 13.7 Å². The molecule has 7 aromatic rings. The minimum absolute atomic E-state index is 0.120. The van der Waals surface area contributed by atoms with Gasteiger partial charge >= 0.3 is 5.97 Å². The van der Waals surface area contributed by atoms with Gasteiger partial charge in [-0.15, -0.1) is 0 Å².